The highest BCUT2D eigenvalue weighted by Gasteiger charge is 2.20. The van der Waals surface area contributed by atoms with Gasteiger partial charge in [-0.15, -0.1) is 5.10 Å². The molecule has 0 saturated heterocycles. The number of hydrogen-bond donors (Lipinski definition) is 1. The fourth-order valence-corrected chi connectivity index (χ4v) is 2.49. The Morgan fingerprint density at radius 1 is 1.32 bits per heavy atom. The molecule has 4 heterocycles. The van der Waals surface area contributed by atoms with E-state index >= 15 is 0 Å². The van der Waals surface area contributed by atoms with Crippen molar-refractivity contribution in [1.82, 2.24) is 35.2 Å². The summed E-state index contributed by atoms with van der Waals surface area (Å²) in [7, 11) is 0. The predicted octanol–water partition coefficient (Wildman–Crippen LogP) is 0.195. The molecule has 0 fully saturated rings. The molecule has 0 radical (unpaired) electrons. The van der Waals surface area contributed by atoms with Crippen molar-refractivity contribution in [2.45, 2.75) is 19.4 Å². The first-order valence-corrected chi connectivity index (χ1v) is 6.20. The van der Waals surface area contributed by atoms with Gasteiger partial charge in [0.05, 0.1) is 12.4 Å². The van der Waals surface area contributed by atoms with Gasteiger partial charge in [-0.05, 0) is 23.3 Å². The third-order valence-electron chi connectivity index (χ3n) is 3.42. The minimum absolute atomic E-state index is 0.689. The molecular formula is C11H12N8. The highest BCUT2D eigenvalue weighted by Crippen LogP contribution is 2.23. The molecule has 1 aliphatic rings. The number of aromatic nitrogens is 7. The van der Waals surface area contributed by atoms with Gasteiger partial charge < -0.3 is 4.90 Å². The van der Waals surface area contributed by atoms with Gasteiger partial charge in [0.2, 0.25) is 5.65 Å². The molecule has 3 aromatic heterocycles. The van der Waals surface area contributed by atoms with E-state index in [4.69, 9.17) is 0 Å². The molecule has 19 heavy (non-hydrogen) atoms. The summed E-state index contributed by atoms with van der Waals surface area (Å²) in [4.78, 5) is 6.64. The van der Waals surface area contributed by atoms with Crippen LogP contribution in [0.3, 0.4) is 0 Å². The van der Waals surface area contributed by atoms with E-state index in [1.807, 2.05) is 6.20 Å². The molecule has 1 N–H and O–H groups in total. The molecule has 96 valence electrons. The first-order chi connectivity index (χ1) is 9.42. The molecule has 4 rings (SSSR count). The summed E-state index contributed by atoms with van der Waals surface area (Å²) < 4.78 is 1.64. The first-order valence-electron chi connectivity index (χ1n) is 6.20. The second kappa shape index (κ2) is 4.01. The average Bonchev–Trinajstić information content (AvgIpc) is 3.03. The lowest BCUT2D eigenvalue weighted by Crippen LogP contribution is -2.24. The zero-order chi connectivity index (χ0) is 12.7. The maximum atomic E-state index is 4.43. The Labute approximate surface area is 108 Å². The Balaban J connectivity index is 1.78. The van der Waals surface area contributed by atoms with Crippen LogP contribution in [0.2, 0.25) is 0 Å². The fourth-order valence-electron chi connectivity index (χ4n) is 2.49. The largest absolute Gasteiger partial charge is 0.349 e. The number of anilines is 1. The van der Waals surface area contributed by atoms with Crippen LogP contribution in [0.25, 0.3) is 5.65 Å². The van der Waals surface area contributed by atoms with E-state index in [1.54, 1.807) is 16.9 Å². The molecule has 0 unspecified atom stereocenters. The smallest absolute Gasteiger partial charge is 0.221 e. The summed E-state index contributed by atoms with van der Waals surface area (Å²) in [5.74, 6) is 0.821. The Bertz CT molecular complexity index is 714. The van der Waals surface area contributed by atoms with E-state index in [-0.39, 0.29) is 0 Å². The maximum Gasteiger partial charge on any atom is 0.221 e. The lowest BCUT2D eigenvalue weighted by atomic mass is 10.2. The third kappa shape index (κ3) is 1.64. The van der Waals surface area contributed by atoms with Crippen molar-refractivity contribution in [2.24, 2.45) is 0 Å². The van der Waals surface area contributed by atoms with Gasteiger partial charge in [0.1, 0.15) is 0 Å². The standard InChI is InChI=1S/C11H12N8/c1-2-9-8(6-13-14-9)7-18(4-1)10-11-15-16-17-19(11)5-3-12-10/h3,5-6H,1-2,4,7H2,(H,13,14). The highest BCUT2D eigenvalue weighted by atomic mass is 15.5. The van der Waals surface area contributed by atoms with Gasteiger partial charge in [0.15, 0.2) is 5.82 Å². The molecule has 8 heteroatoms. The van der Waals surface area contributed by atoms with Crippen molar-refractivity contribution >= 4 is 11.5 Å². The van der Waals surface area contributed by atoms with Gasteiger partial charge in [-0.1, -0.05) is 0 Å². The predicted molar refractivity (Wildman–Crippen MR) is 66.5 cm³/mol. The van der Waals surface area contributed by atoms with Crippen LogP contribution in [0.5, 0.6) is 0 Å². The van der Waals surface area contributed by atoms with Gasteiger partial charge in [0, 0.05) is 30.5 Å². The quantitative estimate of drug-likeness (QED) is 0.669. The third-order valence-corrected chi connectivity index (χ3v) is 3.42. The second-order valence-electron chi connectivity index (χ2n) is 4.60. The van der Waals surface area contributed by atoms with Crippen LogP contribution in [0.1, 0.15) is 17.7 Å². The molecular weight excluding hydrogens is 244 g/mol. The van der Waals surface area contributed by atoms with Crippen molar-refractivity contribution in [3.63, 3.8) is 0 Å². The molecule has 0 spiro atoms. The van der Waals surface area contributed by atoms with Gasteiger partial charge >= 0.3 is 0 Å². The lowest BCUT2D eigenvalue weighted by molar-refractivity contribution is 0.742. The molecule has 8 nitrogen and oxygen atoms in total. The second-order valence-corrected chi connectivity index (χ2v) is 4.60. The van der Waals surface area contributed by atoms with Crippen LogP contribution in [0.4, 0.5) is 5.82 Å². The topological polar surface area (TPSA) is 87.9 Å². The van der Waals surface area contributed by atoms with Crippen molar-refractivity contribution in [3.8, 4) is 0 Å². The van der Waals surface area contributed by atoms with E-state index in [1.165, 1.54) is 11.3 Å². The maximum absolute atomic E-state index is 4.43. The molecule has 1 aliphatic heterocycles. The molecule has 0 aromatic carbocycles. The van der Waals surface area contributed by atoms with E-state index in [0.29, 0.717) is 5.65 Å². The number of aryl methyl sites for hydroxylation is 1. The van der Waals surface area contributed by atoms with Crippen LogP contribution in [0, 0.1) is 0 Å². The van der Waals surface area contributed by atoms with Gasteiger partial charge in [0.25, 0.3) is 0 Å². The van der Waals surface area contributed by atoms with Crippen molar-refractivity contribution in [1.29, 1.82) is 0 Å². The summed E-state index contributed by atoms with van der Waals surface area (Å²) in [5.41, 5.74) is 3.12. The average molecular weight is 256 g/mol. The number of hydrogen-bond acceptors (Lipinski definition) is 6. The monoisotopic (exact) mass is 256 g/mol. The van der Waals surface area contributed by atoms with E-state index in [9.17, 15) is 0 Å². The summed E-state index contributed by atoms with van der Waals surface area (Å²) in [6.45, 7) is 1.72. The van der Waals surface area contributed by atoms with Crippen LogP contribution in [-0.2, 0) is 13.0 Å². The normalized spacial score (nSPS) is 15.5. The van der Waals surface area contributed by atoms with Crippen LogP contribution >= 0.6 is 0 Å². The summed E-state index contributed by atoms with van der Waals surface area (Å²) in [5, 5.41) is 18.8. The Morgan fingerprint density at radius 2 is 2.32 bits per heavy atom. The van der Waals surface area contributed by atoms with E-state index < -0.39 is 0 Å². The Kier molecular flexibility index (Phi) is 2.20. The summed E-state index contributed by atoms with van der Waals surface area (Å²) in [6.07, 6.45) is 7.43. The molecule has 0 aliphatic carbocycles. The van der Waals surface area contributed by atoms with Crippen LogP contribution in [0.15, 0.2) is 18.6 Å². The Morgan fingerprint density at radius 3 is 3.32 bits per heavy atom. The van der Waals surface area contributed by atoms with Crippen molar-refractivity contribution in [3.05, 3.63) is 29.8 Å². The number of rotatable bonds is 1. The highest BCUT2D eigenvalue weighted by molar-refractivity contribution is 5.62. The van der Waals surface area contributed by atoms with Gasteiger partial charge in [-0.25, -0.2) is 4.98 Å². The minimum Gasteiger partial charge on any atom is -0.349 e. The minimum atomic E-state index is 0.689. The zero-order valence-electron chi connectivity index (χ0n) is 10.2. The summed E-state index contributed by atoms with van der Waals surface area (Å²) >= 11 is 0. The number of nitrogens with zero attached hydrogens (tertiary/aromatic N) is 7. The fraction of sp³-hybridized carbons (Fsp3) is 0.364. The summed E-state index contributed by atoms with van der Waals surface area (Å²) in [6, 6.07) is 0. The zero-order valence-corrected chi connectivity index (χ0v) is 10.2. The molecule has 3 aromatic rings. The number of H-pyrrole nitrogens is 1. The molecule has 0 amide bonds. The number of aromatic amines is 1. The molecule has 0 atom stereocenters. The van der Waals surface area contributed by atoms with E-state index in [0.717, 1.165) is 31.7 Å². The molecule has 0 bridgehead atoms. The number of fused-ring (bicyclic) bond motifs is 2. The van der Waals surface area contributed by atoms with Crippen LogP contribution in [-0.4, -0.2) is 41.8 Å². The Hall–Kier alpha value is -2.51. The van der Waals surface area contributed by atoms with Crippen LogP contribution < -0.4 is 4.90 Å². The van der Waals surface area contributed by atoms with Gasteiger partial charge in [-0.2, -0.15) is 9.61 Å². The SMILES string of the molecule is c1cn2nnnc2c(N2CCCc3[nH]ncc3C2)n1. The van der Waals surface area contributed by atoms with Gasteiger partial charge in [-0.3, -0.25) is 5.10 Å². The van der Waals surface area contributed by atoms with Crippen molar-refractivity contribution < 1.29 is 0 Å². The first kappa shape index (κ1) is 10.4. The van der Waals surface area contributed by atoms with Crippen molar-refractivity contribution in [2.75, 3.05) is 11.4 Å². The molecule has 0 saturated carbocycles. The number of tetrazole rings is 1. The van der Waals surface area contributed by atoms with E-state index in [2.05, 4.69) is 35.6 Å². The number of nitrogens with one attached hydrogen (secondary N) is 1. The lowest BCUT2D eigenvalue weighted by Gasteiger charge is -2.20.